The Kier molecular flexibility index (Phi) is 6.69. The van der Waals surface area contributed by atoms with Crippen molar-refractivity contribution >= 4 is 15.9 Å². The summed E-state index contributed by atoms with van der Waals surface area (Å²) in [4.78, 5) is 12.8. The van der Waals surface area contributed by atoms with Crippen molar-refractivity contribution in [3.8, 4) is 5.75 Å². The zero-order chi connectivity index (χ0) is 20.7. The maximum Gasteiger partial charge on any atom is 0.241 e. The molecule has 8 heteroatoms. The van der Waals surface area contributed by atoms with Gasteiger partial charge in [0, 0.05) is 0 Å². The van der Waals surface area contributed by atoms with Crippen molar-refractivity contribution < 1.29 is 22.4 Å². The lowest BCUT2D eigenvalue weighted by Gasteiger charge is -2.18. The smallest absolute Gasteiger partial charge is 0.241 e. The summed E-state index contributed by atoms with van der Waals surface area (Å²) >= 11 is 0. The molecule has 152 valence electrons. The molecule has 1 unspecified atom stereocenters. The lowest BCUT2D eigenvalue weighted by Crippen LogP contribution is -2.47. The van der Waals surface area contributed by atoms with Gasteiger partial charge in [0.25, 0.3) is 0 Å². The van der Waals surface area contributed by atoms with Crippen molar-refractivity contribution in [3.63, 3.8) is 0 Å². The second kappa shape index (κ2) is 9.40. The number of amides is 1. The monoisotopic (exact) mass is 414 g/mol. The molecule has 3 aromatic rings. The number of methoxy groups -OCH3 is 1. The molecule has 0 bridgehead atoms. The molecule has 0 spiro atoms. The van der Waals surface area contributed by atoms with E-state index in [2.05, 4.69) is 10.0 Å². The van der Waals surface area contributed by atoms with E-state index in [4.69, 9.17) is 9.15 Å². The van der Waals surface area contributed by atoms with Crippen LogP contribution < -0.4 is 14.8 Å². The Morgan fingerprint density at radius 1 is 1.03 bits per heavy atom. The minimum Gasteiger partial charge on any atom is -0.497 e. The molecule has 1 atom stereocenters. The van der Waals surface area contributed by atoms with Crippen LogP contribution in [-0.2, 0) is 27.8 Å². The molecule has 3 rings (SSSR count). The number of carbonyl (C=O) groups is 1. The fourth-order valence-electron chi connectivity index (χ4n) is 2.76. The largest absolute Gasteiger partial charge is 0.497 e. The highest BCUT2D eigenvalue weighted by molar-refractivity contribution is 7.89. The van der Waals surface area contributed by atoms with Crippen LogP contribution >= 0.6 is 0 Å². The maximum absolute atomic E-state index is 12.8. The number of nitrogens with one attached hydrogen (secondary N) is 2. The van der Waals surface area contributed by atoms with Crippen LogP contribution in [-0.4, -0.2) is 27.5 Å². The number of hydrogen-bond acceptors (Lipinski definition) is 5. The molecule has 1 heterocycles. The van der Waals surface area contributed by atoms with Gasteiger partial charge in [0.15, 0.2) is 0 Å². The lowest BCUT2D eigenvalue weighted by atomic mass is 10.1. The predicted molar refractivity (Wildman–Crippen MR) is 108 cm³/mol. The van der Waals surface area contributed by atoms with Crippen LogP contribution in [0.5, 0.6) is 5.75 Å². The summed E-state index contributed by atoms with van der Waals surface area (Å²) in [5.74, 6) is 0.679. The SMILES string of the molecule is COc1ccc(S(=O)(=O)NC(Cc2ccccc2)C(=O)NCc2ccco2)cc1. The third kappa shape index (κ3) is 5.69. The Bertz CT molecular complexity index is 1020. The molecule has 0 aliphatic rings. The summed E-state index contributed by atoms with van der Waals surface area (Å²) in [5, 5.41) is 2.72. The van der Waals surface area contributed by atoms with Crippen LogP contribution in [0.1, 0.15) is 11.3 Å². The van der Waals surface area contributed by atoms with Crippen molar-refractivity contribution in [1.29, 1.82) is 0 Å². The van der Waals surface area contributed by atoms with Crippen LogP contribution in [0.4, 0.5) is 0 Å². The van der Waals surface area contributed by atoms with Gasteiger partial charge < -0.3 is 14.5 Å². The zero-order valence-corrected chi connectivity index (χ0v) is 16.7. The first-order valence-corrected chi connectivity index (χ1v) is 10.5. The number of ether oxygens (including phenoxy) is 1. The molecule has 0 aliphatic carbocycles. The average molecular weight is 414 g/mol. The Morgan fingerprint density at radius 2 is 1.76 bits per heavy atom. The zero-order valence-electron chi connectivity index (χ0n) is 15.9. The standard InChI is InChI=1S/C21H22N2O5S/c1-27-17-9-11-19(12-10-17)29(25,26)23-20(14-16-6-3-2-4-7-16)21(24)22-15-18-8-5-13-28-18/h2-13,20,23H,14-15H2,1H3,(H,22,24). The van der Waals surface area contributed by atoms with Crippen molar-refractivity contribution in [2.24, 2.45) is 0 Å². The minimum atomic E-state index is -3.91. The van der Waals surface area contributed by atoms with Gasteiger partial charge in [0.1, 0.15) is 17.6 Å². The number of sulfonamides is 1. The number of rotatable bonds is 9. The van der Waals surface area contributed by atoms with E-state index >= 15 is 0 Å². The first kappa shape index (κ1) is 20.6. The van der Waals surface area contributed by atoms with Gasteiger partial charge in [0.05, 0.1) is 24.8 Å². The summed E-state index contributed by atoms with van der Waals surface area (Å²) in [7, 11) is -2.41. The van der Waals surface area contributed by atoms with Crippen LogP contribution in [0.15, 0.2) is 82.3 Å². The highest BCUT2D eigenvalue weighted by Gasteiger charge is 2.26. The molecule has 1 aromatic heterocycles. The van der Waals surface area contributed by atoms with E-state index < -0.39 is 22.0 Å². The highest BCUT2D eigenvalue weighted by Crippen LogP contribution is 2.16. The fourth-order valence-corrected chi connectivity index (χ4v) is 3.95. The van der Waals surface area contributed by atoms with E-state index in [1.807, 2.05) is 30.3 Å². The Hall–Kier alpha value is -3.10. The summed E-state index contributed by atoms with van der Waals surface area (Å²) in [5.41, 5.74) is 0.836. The molecule has 2 N–H and O–H groups in total. The third-order valence-corrected chi connectivity index (χ3v) is 5.77. The quantitative estimate of drug-likeness (QED) is 0.561. The van der Waals surface area contributed by atoms with E-state index in [0.29, 0.717) is 11.5 Å². The van der Waals surface area contributed by atoms with E-state index in [-0.39, 0.29) is 17.9 Å². The highest BCUT2D eigenvalue weighted by atomic mass is 32.2. The number of hydrogen-bond donors (Lipinski definition) is 2. The van der Waals surface area contributed by atoms with Crippen molar-refractivity contribution in [2.75, 3.05) is 7.11 Å². The topological polar surface area (TPSA) is 97.6 Å². The minimum absolute atomic E-state index is 0.0511. The van der Waals surface area contributed by atoms with E-state index in [9.17, 15) is 13.2 Å². The molecule has 0 fully saturated rings. The first-order valence-electron chi connectivity index (χ1n) is 8.98. The summed E-state index contributed by atoms with van der Waals surface area (Å²) in [6, 6.07) is 17.7. The van der Waals surface area contributed by atoms with Crippen molar-refractivity contribution in [2.45, 2.75) is 23.9 Å². The van der Waals surface area contributed by atoms with Crippen molar-refractivity contribution in [1.82, 2.24) is 10.0 Å². The molecule has 29 heavy (non-hydrogen) atoms. The molecule has 2 aromatic carbocycles. The Labute approximate surface area is 169 Å². The molecular weight excluding hydrogens is 392 g/mol. The second-order valence-electron chi connectivity index (χ2n) is 6.34. The van der Waals surface area contributed by atoms with E-state index in [0.717, 1.165) is 5.56 Å². The van der Waals surface area contributed by atoms with Crippen LogP contribution in [0.25, 0.3) is 0 Å². The Morgan fingerprint density at radius 3 is 2.38 bits per heavy atom. The van der Waals surface area contributed by atoms with Crippen LogP contribution in [0.3, 0.4) is 0 Å². The van der Waals surface area contributed by atoms with Crippen LogP contribution in [0.2, 0.25) is 0 Å². The predicted octanol–water partition coefficient (Wildman–Crippen LogP) is 2.49. The molecule has 0 saturated heterocycles. The maximum atomic E-state index is 12.8. The average Bonchev–Trinajstić information content (AvgIpc) is 3.26. The summed E-state index contributed by atoms with van der Waals surface area (Å²) < 4.78 is 38.4. The fraction of sp³-hybridized carbons (Fsp3) is 0.190. The van der Waals surface area contributed by atoms with E-state index in [1.165, 1.54) is 25.5 Å². The molecule has 1 amide bonds. The normalized spacial score (nSPS) is 12.3. The second-order valence-corrected chi connectivity index (χ2v) is 8.05. The number of benzene rings is 2. The van der Waals surface area contributed by atoms with Gasteiger partial charge in [-0.3, -0.25) is 4.79 Å². The lowest BCUT2D eigenvalue weighted by molar-refractivity contribution is -0.122. The Balaban J connectivity index is 1.78. The van der Waals surface area contributed by atoms with Gasteiger partial charge in [-0.25, -0.2) is 8.42 Å². The molecule has 7 nitrogen and oxygen atoms in total. The van der Waals surface area contributed by atoms with Crippen molar-refractivity contribution in [3.05, 3.63) is 84.3 Å². The van der Waals surface area contributed by atoms with Gasteiger partial charge in [-0.2, -0.15) is 4.72 Å². The summed E-state index contributed by atoms with van der Waals surface area (Å²) in [6.07, 6.45) is 1.72. The molecule has 0 radical (unpaired) electrons. The molecular formula is C21H22N2O5S. The van der Waals surface area contributed by atoms with Gasteiger partial charge >= 0.3 is 0 Å². The van der Waals surface area contributed by atoms with Gasteiger partial charge in [0.2, 0.25) is 15.9 Å². The number of furan rings is 1. The van der Waals surface area contributed by atoms with E-state index in [1.54, 1.807) is 24.3 Å². The number of carbonyl (C=O) groups excluding carboxylic acids is 1. The first-order chi connectivity index (χ1) is 14.0. The summed E-state index contributed by atoms with van der Waals surface area (Å²) in [6.45, 7) is 0.168. The third-order valence-electron chi connectivity index (χ3n) is 4.28. The molecule has 0 saturated carbocycles. The van der Waals surface area contributed by atoms with Gasteiger partial charge in [-0.1, -0.05) is 30.3 Å². The van der Waals surface area contributed by atoms with Gasteiger partial charge in [-0.05, 0) is 48.4 Å². The van der Waals surface area contributed by atoms with Crippen LogP contribution in [0, 0.1) is 0 Å². The molecule has 0 aliphatic heterocycles. The van der Waals surface area contributed by atoms with Gasteiger partial charge in [-0.15, -0.1) is 0 Å².